The lowest BCUT2D eigenvalue weighted by atomic mass is 10.0. The number of rotatable bonds is 7. The Morgan fingerprint density at radius 2 is 1.91 bits per heavy atom. The van der Waals surface area contributed by atoms with Crippen LogP contribution in [0.1, 0.15) is 25.5 Å². The Morgan fingerprint density at radius 3 is 2.52 bits per heavy atom. The Bertz CT molecular complexity index is 604. The summed E-state index contributed by atoms with van der Waals surface area (Å²) in [4.78, 5) is 2.20. The first-order valence-corrected chi connectivity index (χ1v) is 9.58. The smallest absolute Gasteiger partial charge is 0.277 e. The minimum Gasteiger partial charge on any atom is -0.379 e. The lowest BCUT2D eigenvalue weighted by Gasteiger charge is -2.35. The standard InChI is InChI=1S/C15H24ClN3O3S/c1-12(2)18-23(20,21)17-11-15(19-7-9-22-10-8-19)13-5-3-4-6-14(13)16/h3-6,12,15,17-18H,7-11H2,1-2H3. The van der Waals surface area contributed by atoms with E-state index in [1.807, 2.05) is 24.3 Å². The van der Waals surface area contributed by atoms with Crippen molar-refractivity contribution < 1.29 is 13.2 Å². The number of nitrogens with one attached hydrogen (secondary N) is 2. The average Bonchev–Trinajstić information content (AvgIpc) is 2.49. The Morgan fingerprint density at radius 1 is 1.26 bits per heavy atom. The van der Waals surface area contributed by atoms with Gasteiger partial charge in [-0.1, -0.05) is 29.8 Å². The van der Waals surface area contributed by atoms with Crippen LogP contribution in [-0.4, -0.2) is 52.2 Å². The Kier molecular flexibility index (Phi) is 6.82. The third kappa shape index (κ3) is 5.70. The van der Waals surface area contributed by atoms with Crippen LogP contribution in [0.3, 0.4) is 0 Å². The molecule has 1 heterocycles. The average molecular weight is 362 g/mol. The molecule has 0 spiro atoms. The summed E-state index contributed by atoms with van der Waals surface area (Å²) < 4.78 is 34.6. The maximum Gasteiger partial charge on any atom is 0.277 e. The first-order valence-electron chi connectivity index (χ1n) is 7.72. The van der Waals surface area contributed by atoms with E-state index >= 15 is 0 Å². The van der Waals surface area contributed by atoms with Crippen molar-refractivity contribution in [2.24, 2.45) is 0 Å². The van der Waals surface area contributed by atoms with E-state index in [1.165, 1.54) is 0 Å². The summed E-state index contributed by atoms with van der Waals surface area (Å²) in [5.74, 6) is 0. The molecule has 1 aromatic rings. The Balaban J connectivity index is 2.15. The number of hydrogen-bond acceptors (Lipinski definition) is 4. The first-order chi connectivity index (χ1) is 10.9. The molecule has 0 saturated carbocycles. The molecular formula is C15H24ClN3O3S. The molecule has 0 radical (unpaired) electrons. The van der Waals surface area contributed by atoms with Gasteiger partial charge < -0.3 is 4.74 Å². The van der Waals surface area contributed by atoms with Gasteiger partial charge in [0.1, 0.15) is 0 Å². The summed E-state index contributed by atoms with van der Waals surface area (Å²) in [6, 6.07) is 7.26. The van der Waals surface area contributed by atoms with E-state index in [0.29, 0.717) is 18.2 Å². The molecule has 1 aliphatic heterocycles. The molecule has 130 valence electrons. The van der Waals surface area contributed by atoms with Crippen LogP contribution in [0.15, 0.2) is 24.3 Å². The largest absolute Gasteiger partial charge is 0.379 e. The van der Waals surface area contributed by atoms with Crippen LogP contribution < -0.4 is 9.44 Å². The van der Waals surface area contributed by atoms with Crippen LogP contribution in [0, 0.1) is 0 Å². The zero-order valence-corrected chi connectivity index (χ0v) is 15.0. The number of benzene rings is 1. The van der Waals surface area contributed by atoms with Gasteiger partial charge in [0, 0.05) is 30.7 Å². The molecule has 1 aliphatic rings. The predicted molar refractivity (Wildman–Crippen MR) is 91.8 cm³/mol. The van der Waals surface area contributed by atoms with Crippen LogP contribution >= 0.6 is 11.6 Å². The second-order valence-corrected chi connectivity index (χ2v) is 7.75. The summed E-state index contributed by atoms with van der Waals surface area (Å²) >= 11 is 6.32. The summed E-state index contributed by atoms with van der Waals surface area (Å²) in [5, 5.41) is 0.639. The van der Waals surface area contributed by atoms with Crippen molar-refractivity contribution >= 4 is 21.8 Å². The second kappa shape index (κ2) is 8.41. The Hall–Kier alpha value is -0.700. The summed E-state index contributed by atoms with van der Waals surface area (Å²) in [5.41, 5.74) is 0.920. The molecule has 1 unspecified atom stereocenters. The predicted octanol–water partition coefficient (Wildman–Crippen LogP) is 1.55. The minimum absolute atomic E-state index is 0.128. The molecule has 0 bridgehead atoms. The molecule has 1 atom stereocenters. The SMILES string of the molecule is CC(C)NS(=O)(=O)NCC(c1ccccc1Cl)N1CCOCC1. The number of halogens is 1. The molecule has 2 N–H and O–H groups in total. The molecule has 1 saturated heterocycles. The van der Waals surface area contributed by atoms with Gasteiger partial charge in [0.15, 0.2) is 0 Å². The van der Waals surface area contributed by atoms with E-state index in [9.17, 15) is 8.42 Å². The monoisotopic (exact) mass is 361 g/mol. The van der Waals surface area contributed by atoms with Crippen LogP contribution in [0.25, 0.3) is 0 Å². The summed E-state index contributed by atoms with van der Waals surface area (Å²) in [6.45, 7) is 6.59. The van der Waals surface area contributed by atoms with Gasteiger partial charge in [0.05, 0.1) is 19.3 Å². The lowest BCUT2D eigenvalue weighted by Crippen LogP contribution is -2.47. The van der Waals surface area contributed by atoms with Crippen molar-refractivity contribution in [2.75, 3.05) is 32.8 Å². The molecular weight excluding hydrogens is 338 g/mol. The molecule has 0 aliphatic carbocycles. The molecule has 1 fully saturated rings. The maximum absolute atomic E-state index is 12.0. The molecule has 23 heavy (non-hydrogen) atoms. The van der Waals surface area contributed by atoms with E-state index in [-0.39, 0.29) is 18.6 Å². The number of morpholine rings is 1. The minimum atomic E-state index is -3.54. The molecule has 6 nitrogen and oxygen atoms in total. The van der Waals surface area contributed by atoms with E-state index in [4.69, 9.17) is 16.3 Å². The normalized spacial score (nSPS) is 18.3. The molecule has 0 amide bonds. The fourth-order valence-electron chi connectivity index (χ4n) is 2.61. The highest BCUT2D eigenvalue weighted by Crippen LogP contribution is 2.27. The highest BCUT2D eigenvalue weighted by atomic mass is 35.5. The van der Waals surface area contributed by atoms with Gasteiger partial charge in [-0.05, 0) is 25.5 Å². The van der Waals surface area contributed by atoms with E-state index < -0.39 is 10.2 Å². The van der Waals surface area contributed by atoms with Crippen LogP contribution in [0.2, 0.25) is 5.02 Å². The second-order valence-electron chi connectivity index (χ2n) is 5.81. The van der Waals surface area contributed by atoms with Gasteiger partial charge in [0.2, 0.25) is 0 Å². The van der Waals surface area contributed by atoms with Gasteiger partial charge in [-0.15, -0.1) is 0 Å². The molecule has 1 aromatic carbocycles. The summed E-state index contributed by atoms with van der Waals surface area (Å²) in [6.07, 6.45) is 0. The van der Waals surface area contributed by atoms with Crippen molar-refractivity contribution in [3.05, 3.63) is 34.9 Å². The molecule has 2 rings (SSSR count). The fourth-order valence-corrected chi connectivity index (χ4v) is 3.95. The van der Waals surface area contributed by atoms with Crippen molar-refractivity contribution in [1.82, 2.24) is 14.3 Å². The number of hydrogen-bond donors (Lipinski definition) is 2. The number of ether oxygens (including phenoxy) is 1. The van der Waals surface area contributed by atoms with Gasteiger partial charge in [-0.3, -0.25) is 4.90 Å². The van der Waals surface area contributed by atoms with Crippen LogP contribution in [0.5, 0.6) is 0 Å². The first kappa shape index (κ1) is 18.6. The summed E-state index contributed by atoms with van der Waals surface area (Å²) in [7, 11) is -3.54. The zero-order chi connectivity index (χ0) is 16.9. The van der Waals surface area contributed by atoms with Crippen molar-refractivity contribution in [1.29, 1.82) is 0 Å². The van der Waals surface area contributed by atoms with Crippen molar-refractivity contribution in [3.8, 4) is 0 Å². The third-order valence-electron chi connectivity index (χ3n) is 3.61. The fraction of sp³-hybridized carbons (Fsp3) is 0.600. The van der Waals surface area contributed by atoms with Crippen LogP contribution in [0.4, 0.5) is 0 Å². The lowest BCUT2D eigenvalue weighted by molar-refractivity contribution is 0.0172. The topological polar surface area (TPSA) is 70.7 Å². The van der Waals surface area contributed by atoms with Crippen molar-refractivity contribution in [2.45, 2.75) is 25.9 Å². The van der Waals surface area contributed by atoms with E-state index in [2.05, 4.69) is 14.3 Å². The van der Waals surface area contributed by atoms with E-state index in [1.54, 1.807) is 13.8 Å². The highest BCUT2D eigenvalue weighted by molar-refractivity contribution is 7.87. The zero-order valence-electron chi connectivity index (χ0n) is 13.5. The third-order valence-corrected chi connectivity index (χ3v) is 5.28. The Labute approximate surface area is 143 Å². The molecule has 0 aromatic heterocycles. The highest BCUT2D eigenvalue weighted by Gasteiger charge is 2.26. The van der Waals surface area contributed by atoms with Crippen molar-refractivity contribution in [3.63, 3.8) is 0 Å². The number of nitrogens with zero attached hydrogens (tertiary/aromatic N) is 1. The van der Waals surface area contributed by atoms with Gasteiger partial charge in [0.25, 0.3) is 10.2 Å². The molecule has 8 heteroatoms. The van der Waals surface area contributed by atoms with Gasteiger partial charge >= 0.3 is 0 Å². The van der Waals surface area contributed by atoms with E-state index in [0.717, 1.165) is 18.7 Å². The van der Waals surface area contributed by atoms with Gasteiger partial charge in [-0.25, -0.2) is 4.72 Å². The maximum atomic E-state index is 12.0. The van der Waals surface area contributed by atoms with Crippen LogP contribution in [-0.2, 0) is 14.9 Å². The quantitative estimate of drug-likeness (QED) is 0.773. The van der Waals surface area contributed by atoms with Gasteiger partial charge in [-0.2, -0.15) is 13.1 Å².